The number of rotatable bonds is 4. The number of aliphatic imine (C=N–C) groups is 1. The summed E-state index contributed by atoms with van der Waals surface area (Å²) in [6.07, 6.45) is 16.2. The van der Waals surface area contributed by atoms with E-state index in [0.717, 1.165) is 47.1 Å². The lowest BCUT2D eigenvalue weighted by Gasteiger charge is -2.31. The van der Waals surface area contributed by atoms with Crippen LogP contribution in [0.3, 0.4) is 0 Å². The van der Waals surface area contributed by atoms with Crippen molar-refractivity contribution in [3.8, 4) is 5.69 Å². The van der Waals surface area contributed by atoms with E-state index in [9.17, 15) is 4.79 Å². The van der Waals surface area contributed by atoms with Gasteiger partial charge in [-0.15, -0.1) is 0 Å². The highest BCUT2D eigenvalue weighted by molar-refractivity contribution is 8.18. The Morgan fingerprint density at radius 1 is 0.969 bits per heavy atom. The number of carbonyl (C=O) groups is 1. The summed E-state index contributed by atoms with van der Waals surface area (Å²) in [5.74, 6) is 0.147. The summed E-state index contributed by atoms with van der Waals surface area (Å²) in [6, 6.07) is 13.3. The number of nitrogens with zero attached hydrogens (tertiary/aromatic N) is 3. The highest BCUT2D eigenvalue weighted by Crippen LogP contribution is 2.38. The molecule has 1 aromatic heterocycles. The summed E-state index contributed by atoms with van der Waals surface area (Å²) < 4.78 is 2.16. The molecule has 1 aliphatic heterocycles. The Morgan fingerprint density at radius 2 is 1.72 bits per heavy atom. The summed E-state index contributed by atoms with van der Waals surface area (Å²) >= 11 is 1.59. The van der Waals surface area contributed by atoms with Crippen molar-refractivity contribution in [3.05, 3.63) is 58.8 Å². The smallest absolute Gasteiger partial charge is 0.267 e. The largest absolute Gasteiger partial charge is 0.317 e. The molecule has 5 rings (SSSR count). The maximum Gasteiger partial charge on any atom is 0.267 e. The average Bonchev–Trinajstić information content (AvgIpc) is 3.40. The lowest BCUT2D eigenvalue weighted by atomic mass is 9.94. The van der Waals surface area contributed by atoms with Crippen LogP contribution in [0.25, 0.3) is 11.8 Å². The van der Waals surface area contributed by atoms with Crippen LogP contribution in [0.1, 0.15) is 75.5 Å². The summed E-state index contributed by atoms with van der Waals surface area (Å²) in [5.41, 5.74) is 3.39. The second-order valence-electron chi connectivity index (χ2n) is 9.42. The van der Waals surface area contributed by atoms with Gasteiger partial charge in [-0.2, -0.15) is 0 Å². The number of thioether (sulfide) groups is 1. The van der Waals surface area contributed by atoms with Crippen molar-refractivity contribution >= 4 is 28.9 Å². The molecule has 0 radical (unpaired) electrons. The molecule has 0 unspecified atom stereocenters. The molecule has 1 saturated heterocycles. The predicted molar refractivity (Wildman–Crippen MR) is 134 cm³/mol. The van der Waals surface area contributed by atoms with E-state index in [1.165, 1.54) is 44.1 Å². The van der Waals surface area contributed by atoms with Crippen LogP contribution in [-0.4, -0.2) is 32.6 Å². The summed E-state index contributed by atoms with van der Waals surface area (Å²) in [5, 5.41) is 0.953. The fraction of sp³-hybridized carbons (Fsp3) is 0.481. The van der Waals surface area contributed by atoms with Crippen LogP contribution in [0, 0.1) is 6.92 Å². The zero-order chi connectivity index (χ0) is 21.9. The van der Waals surface area contributed by atoms with Gasteiger partial charge in [-0.05, 0) is 80.3 Å². The van der Waals surface area contributed by atoms with Crippen LogP contribution < -0.4 is 0 Å². The number of aryl methyl sites for hydroxylation is 1. The molecule has 0 bridgehead atoms. The number of carbonyl (C=O) groups excluding carboxylic acids is 1. The van der Waals surface area contributed by atoms with Crippen molar-refractivity contribution in [2.24, 2.45) is 4.99 Å². The van der Waals surface area contributed by atoms with Crippen LogP contribution in [0.4, 0.5) is 0 Å². The Morgan fingerprint density at radius 3 is 2.47 bits per heavy atom. The third kappa shape index (κ3) is 4.59. The molecule has 32 heavy (non-hydrogen) atoms. The van der Waals surface area contributed by atoms with E-state index in [-0.39, 0.29) is 5.91 Å². The quantitative estimate of drug-likeness (QED) is 0.488. The van der Waals surface area contributed by atoms with Gasteiger partial charge < -0.3 is 4.57 Å². The Labute approximate surface area is 195 Å². The molecule has 1 aromatic carbocycles. The first-order chi connectivity index (χ1) is 15.7. The molecule has 5 heteroatoms. The van der Waals surface area contributed by atoms with E-state index in [1.807, 2.05) is 0 Å². The predicted octanol–water partition coefficient (Wildman–Crippen LogP) is 6.72. The maximum atomic E-state index is 13.6. The van der Waals surface area contributed by atoms with Crippen LogP contribution in [0.15, 0.2) is 52.5 Å². The van der Waals surface area contributed by atoms with Gasteiger partial charge in [0.05, 0.1) is 10.9 Å². The van der Waals surface area contributed by atoms with Crippen molar-refractivity contribution < 1.29 is 4.79 Å². The molecule has 2 aromatic rings. The van der Waals surface area contributed by atoms with Gasteiger partial charge in [-0.25, -0.2) is 0 Å². The highest BCUT2D eigenvalue weighted by atomic mass is 32.2. The van der Waals surface area contributed by atoms with Gasteiger partial charge in [0.1, 0.15) is 0 Å². The molecule has 0 N–H and O–H groups in total. The Bertz CT molecular complexity index is 1030. The van der Waals surface area contributed by atoms with Crippen molar-refractivity contribution in [2.45, 2.75) is 83.2 Å². The van der Waals surface area contributed by atoms with Gasteiger partial charge in [-0.1, -0.05) is 50.7 Å². The summed E-state index contributed by atoms with van der Waals surface area (Å²) in [4.78, 5) is 21.6. The monoisotopic (exact) mass is 447 g/mol. The molecule has 3 fully saturated rings. The molecule has 0 atom stereocenters. The molecule has 1 amide bonds. The van der Waals surface area contributed by atoms with Crippen molar-refractivity contribution in [3.63, 3.8) is 0 Å². The molecule has 2 aliphatic carbocycles. The molecule has 2 heterocycles. The number of amidine groups is 1. The zero-order valence-electron chi connectivity index (χ0n) is 19.0. The van der Waals surface area contributed by atoms with Crippen molar-refractivity contribution in [1.29, 1.82) is 0 Å². The van der Waals surface area contributed by atoms with E-state index in [0.29, 0.717) is 12.1 Å². The van der Waals surface area contributed by atoms with E-state index < -0.39 is 0 Å². The summed E-state index contributed by atoms with van der Waals surface area (Å²) in [6.45, 7) is 2.11. The third-order valence-electron chi connectivity index (χ3n) is 6.98. The first-order valence-electron chi connectivity index (χ1n) is 12.2. The molecule has 3 aliphatic rings. The molecule has 4 nitrogen and oxygen atoms in total. The minimum atomic E-state index is 0.147. The normalized spacial score (nSPS) is 23.5. The number of benzene rings is 1. The Balaban J connectivity index is 1.47. The second kappa shape index (κ2) is 9.70. The summed E-state index contributed by atoms with van der Waals surface area (Å²) in [7, 11) is 0. The number of amides is 1. The lowest BCUT2D eigenvalue weighted by Crippen LogP contribution is -2.41. The number of hydrogen-bond acceptors (Lipinski definition) is 3. The molecular weight excluding hydrogens is 414 g/mol. The van der Waals surface area contributed by atoms with Crippen LogP contribution in [-0.2, 0) is 4.79 Å². The van der Waals surface area contributed by atoms with Crippen molar-refractivity contribution in [1.82, 2.24) is 9.47 Å². The highest BCUT2D eigenvalue weighted by Gasteiger charge is 2.39. The molecule has 2 saturated carbocycles. The maximum absolute atomic E-state index is 13.6. The zero-order valence-corrected chi connectivity index (χ0v) is 19.8. The molecule has 168 valence electrons. The first kappa shape index (κ1) is 21.6. The fourth-order valence-corrected chi connectivity index (χ4v) is 6.36. The second-order valence-corrected chi connectivity index (χ2v) is 10.4. The SMILES string of the molecule is Cc1cccc(-n2cccc2C=C2SC(=NC3CCCCC3)N(C3CCCCC3)C2=O)c1. The van der Waals surface area contributed by atoms with Crippen LogP contribution in [0.2, 0.25) is 0 Å². The topological polar surface area (TPSA) is 37.6 Å². The third-order valence-corrected chi connectivity index (χ3v) is 7.98. The minimum Gasteiger partial charge on any atom is -0.317 e. The number of aromatic nitrogens is 1. The van der Waals surface area contributed by atoms with Gasteiger partial charge in [0.25, 0.3) is 5.91 Å². The van der Waals surface area contributed by atoms with Gasteiger partial charge in [-0.3, -0.25) is 14.7 Å². The van der Waals surface area contributed by atoms with Gasteiger partial charge in [0.15, 0.2) is 5.17 Å². The standard InChI is InChI=1S/C27H33N3OS/c1-20-10-8-15-23(18-20)29-17-9-16-24(29)19-25-26(31)30(22-13-6-3-7-14-22)27(32-25)28-21-11-4-2-5-12-21/h8-10,15-19,21-22H,2-7,11-14H2,1H3. The van der Waals surface area contributed by atoms with E-state index in [2.05, 4.69) is 65.1 Å². The van der Waals surface area contributed by atoms with Crippen molar-refractivity contribution in [2.75, 3.05) is 0 Å². The molecule has 0 spiro atoms. The number of hydrogen-bond donors (Lipinski definition) is 0. The Hall–Kier alpha value is -2.27. The van der Waals surface area contributed by atoms with Crippen LogP contribution >= 0.6 is 11.8 Å². The van der Waals surface area contributed by atoms with E-state index >= 15 is 0 Å². The lowest BCUT2D eigenvalue weighted by molar-refractivity contribution is -0.124. The average molecular weight is 448 g/mol. The van der Waals surface area contributed by atoms with E-state index in [1.54, 1.807) is 11.8 Å². The first-order valence-corrected chi connectivity index (χ1v) is 13.1. The molecular formula is C27H33N3OS. The van der Waals surface area contributed by atoms with Crippen LogP contribution in [0.5, 0.6) is 0 Å². The minimum absolute atomic E-state index is 0.147. The van der Waals surface area contributed by atoms with Gasteiger partial charge in [0, 0.05) is 23.6 Å². The van der Waals surface area contributed by atoms with E-state index in [4.69, 9.17) is 4.99 Å². The van der Waals surface area contributed by atoms with Gasteiger partial charge >= 0.3 is 0 Å². The fourth-order valence-electron chi connectivity index (χ4n) is 5.26. The Kier molecular flexibility index (Phi) is 6.54. The van der Waals surface area contributed by atoms with Gasteiger partial charge in [0.2, 0.25) is 0 Å².